The van der Waals surface area contributed by atoms with Crippen molar-refractivity contribution in [3.05, 3.63) is 42.2 Å². The van der Waals surface area contributed by atoms with Gasteiger partial charge in [0, 0.05) is 0 Å². The van der Waals surface area contributed by atoms with Crippen molar-refractivity contribution < 1.29 is 9.16 Å². The van der Waals surface area contributed by atoms with Gasteiger partial charge in [-0.15, -0.1) is 0 Å². The Kier molecular flexibility index (Phi) is 4.04. The first-order valence-electron chi connectivity index (χ1n) is 6.86. The maximum absolute atomic E-state index is 6.63. The Hall–Kier alpha value is -0.254. The van der Waals surface area contributed by atoms with Gasteiger partial charge >= 0.3 is 133 Å². The third-order valence-electron chi connectivity index (χ3n) is 3.28. The van der Waals surface area contributed by atoms with Crippen molar-refractivity contribution in [1.82, 2.24) is 0 Å². The predicted octanol–water partition coefficient (Wildman–Crippen LogP) is 2.93. The van der Waals surface area contributed by atoms with Gasteiger partial charge in [-0.1, -0.05) is 0 Å². The molecule has 3 rings (SSSR count). The first-order chi connectivity index (χ1) is 9.44. The second kappa shape index (κ2) is 5.51. The summed E-state index contributed by atoms with van der Waals surface area (Å²) in [7, 11) is -1.59. The Morgan fingerprint density at radius 2 is 1.90 bits per heavy atom. The van der Waals surface area contributed by atoms with Gasteiger partial charge in [-0.2, -0.15) is 0 Å². The second-order valence-corrected chi connectivity index (χ2v) is 13.7. The number of halogens is 1. The summed E-state index contributed by atoms with van der Waals surface area (Å²) < 4.78 is 13.5. The van der Waals surface area contributed by atoms with Gasteiger partial charge in [0.1, 0.15) is 0 Å². The van der Waals surface area contributed by atoms with Gasteiger partial charge in [0.25, 0.3) is 0 Å². The maximum atomic E-state index is 6.63. The molecule has 0 amide bonds. The van der Waals surface area contributed by atoms with Crippen molar-refractivity contribution in [2.45, 2.75) is 42.0 Å². The zero-order valence-corrected chi connectivity index (χ0v) is 15.3. The Balaban J connectivity index is 1.72. The zero-order valence-electron chi connectivity index (χ0n) is 11.9. The minimum atomic E-state index is -1.59. The first kappa shape index (κ1) is 14.7. The fourth-order valence-corrected chi connectivity index (χ4v) is 6.48. The quantitative estimate of drug-likeness (QED) is 0.597. The number of alkyl halides is 1. The number of ether oxygens (including phenoxy) is 1. The van der Waals surface area contributed by atoms with E-state index in [9.17, 15) is 0 Å². The molecule has 2 aliphatic rings. The van der Waals surface area contributed by atoms with E-state index in [2.05, 4.69) is 56.0 Å². The topological polar surface area (TPSA) is 18.5 Å². The van der Waals surface area contributed by atoms with Gasteiger partial charge in [-0.3, -0.25) is 0 Å². The SMILES string of the molecule is C[Si](C)(C)OC1=C[C@H]2O[C@@H]1[C@@H](Cl)[C@@H]2[Se]c1ccccc1. The van der Waals surface area contributed by atoms with Gasteiger partial charge in [0.15, 0.2) is 0 Å². The summed E-state index contributed by atoms with van der Waals surface area (Å²) in [5, 5.41) is 0.0385. The number of fused-ring (bicyclic) bond motifs is 2. The molecule has 2 bridgehead atoms. The van der Waals surface area contributed by atoms with Crippen LogP contribution in [0, 0.1) is 0 Å². The number of rotatable bonds is 4. The normalized spacial score (nSPS) is 32.3. The van der Waals surface area contributed by atoms with Crippen molar-refractivity contribution >= 4 is 39.3 Å². The van der Waals surface area contributed by atoms with Crippen molar-refractivity contribution in [3.63, 3.8) is 0 Å². The summed E-state index contributed by atoms with van der Waals surface area (Å²) >= 11 is 6.98. The Bertz CT molecular complexity index is 514. The summed E-state index contributed by atoms with van der Waals surface area (Å²) in [6.07, 6.45) is 2.26. The molecule has 1 aromatic rings. The number of hydrogen-bond donors (Lipinski definition) is 0. The van der Waals surface area contributed by atoms with Gasteiger partial charge in [-0.05, 0) is 0 Å². The van der Waals surface area contributed by atoms with Crippen LogP contribution >= 0.6 is 11.6 Å². The molecule has 1 saturated heterocycles. The molecule has 1 aromatic carbocycles. The van der Waals surface area contributed by atoms with Crippen LogP contribution in [0.4, 0.5) is 0 Å². The molecule has 0 spiro atoms. The molecule has 0 aliphatic carbocycles. The number of hydrogen-bond acceptors (Lipinski definition) is 2. The standard InChI is InChI=1S/C15H19ClO2SeSi/c1-20(2,3)18-11-9-12-15(13(16)14(11)17-12)19-10-7-5-4-6-8-10/h4-9,12-15H,1-3H3/t12-,13-,14+,15-/m1/s1. The fraction of sp³-hybridized carbons (Fsp3) is 0.467. The molecule has 0 saturated carbocycles. The molecular weight excluding hydrogens is 355 g/mol. The van der Waals surface area contributed by atoms with Crippen molar-refractivity contribution in [1.29, 1.82) is 0 Å². The van der Waals surface area contributed by atoms with Crippen LogP contribution in [0.15, 0.2) is 42.2 Å². The predicted molar refractivity (Wildman–Crippen MR) is 86.4 cm³/mol. The molecule has 0 radical (unpaired) electrons. The van der Waals surface area contributed by atoms with E-state index in [0.717, 1.165) is 5.76 Å². The van der Waals surface area contributed by atoms with Crippen LogP contribution in [0.25, 0.3) is 0 Å². The van der Waals surface area contributed by atoms with Gasteiger partial charge in [0.05, 0.1) is 0 Å². The average Bonchev–Trinajstić information content (AvgIpc) is 2.89. The third kappa shape index (κ3) is 3.00. The van der Waals surface area contributed by atoms with Gasteiger partial charge in [0.2, 0.25) is 0 Å². The summed E-state index contributed by atoms with van der Waals surface area (Å²) in [5.74, 6) is 0.981. The van der Waals surface area contributed by atoms with Crippen LogP contribution in [-0.4, -0.2) is 40.9 Å². The second-order valence-electron chi connectivity index (χ2n) is 6.14. The molecule has 0 aromatic heterocycles. The molecule has 0 N–H and O–H groups in total. The van der Waals surface area contributed by atoms with Crippen LogP contribution in [0.1, 0.15) is 0 Å². The van der Waals surface area contributed by atoms with E-state index in [1.807, 2.05) is 0 Å². The summed E-state index contributed by atoms with van der Waals surface area (Å²) in [4.78, 5) is 0.408. The summed E-state index contributed by atoms with van der Waals surface area (Å²) in [6, 6.07) is 10.6. The van der Waals surface area contributed by atoms with Crippen LogP contribution in [0.3, 0.4) is 0 Å². The van der Waals surface area contributed by atoms with Crippen molar-refractivity contribution in [2.75, 3.05) is 0 Å². The van der Waals surface area contributed by atoms with E-state index in [-0.39, 0.29) is 17.6 Å². The fourth-order valence-electron chi connectivity index (χ4n) is 2.52. The van der Waals surface area contributed by atoms with E-state index < -0.39 is 8.32 Å². The zero-order chi connectivity index (χ0) is 14.3. The van der Waals surface area contributed by atoms with E-state index in [1.165, 1.54) is 4.46 Å². The van der Waals surface area contributed by atoms with E-state index in [0.29, 0.717) is 19.8 Å². The first-order valence-corrected chi connectivity index (χ1v) is 12.5. The van der Waals surface area contributed by atoms with Crippen LogP contribution in [0.5, 0.6) is 0 Å². The third-order valence-corrected chi connectivity index (χ3v) is 7.86. The minimum absolute atomic E-state index is 0.0380. The van der Waals surface area contributed by atoms with Crippen molar-refractivity contribution in [2.24, 2.45) is 0 Å². The van der Waals surface area contributed by atoms with Crippen LogP contribution < -0.4 is 4.46 Å². The molecule has 20 heavy (non-hydrogen) atoms. The van der Waals surface area contributed by atoms with Crippen molar-refractivity contribution in [3.8, 4) is 0 Å². The Morgan fingerprint density at radius 1 is 1.20 bits per heavy atom. The van der Waals surface area contributed by atoms with Gasteiger partial charge < -0.3 is 0 Å². The molecule has 4 atom stereocenters. The van der Waals surface area contributed by atoms with Crippen LogP contribution in [0.2, 0.25) is 24.5 Å². The average molecular weight is 374 g/mol. The molecule has 2 aliphatic heterocycles. The van der Waals surface area contributed by atoms with Gasteiger partial charge in [-0.25, -0.2) is 0 Å². The number of benzene rings is 1. The summed E-state index contributed by atoms with van der Waals surface area (Å²) in [6.45, 7) is 6.57. The summed E-state index contributed by atoms with van der Waals surface area (Å²) in [5.41, 5.74) is 0. The molecule has 0 unspecified atom stereocenters. The Labute approximate surface area is 132 Å². The Morgan fingerprint density at radius 3 is 2.50 bits per heavy atom. The monoisotopic (exact) mass is 374 g/mol. The molecule has 5 heteroatoms. The molecule has 1 fully saturated rings. The molecule has 2 nitrogen and oxygen atoms in total. The van der Waals surface area contributed by atoms with E-state index in [4.69, 9.17) is 20.8 Å². The van der Waals surface area contributed by atoms with E-state index >= 15 is 0 Å². The molecule has 108 valence electrons. The van der Waals surface area contributed by atoms with Crippen LogP contribution in [-0.2, 0) is 9.16 Å². The molecule has 2 heterocycles. The van der Waals surface area contributed by atoms with E-state index in [1.54, 1.807) is 0 Å². The molecular formula is C15H19ClO2SeSi.